The fourth-order valence-corrected chi connectivity index (χ4v) is 9.09. The lowest BCUT2D eigenvalue weighted by Gasteiger charge is -2.18. The van der Waals surface area contributed by atoms with Gasteiger partial charge in [0.1, 0.15) is 13.2 Å². The van der Waals surface area contributed by atoms with Crippen molar-refractivity contribution in [2.24, 2.45) is 0 Å². The molecule has 0 fully saturated rings. The molecule has 0 aromatic rings. The smallest absolute Gasteiger partial charge is 0.306 e. The molecule has 0 amide bonds. The summed E-state index contributed by atoms with van der Waals surface area (Å²) in [7, 11) is 0. The van der Waals surface area contributed by atoms with Gasteiger partial charge in [-0.3, -0.25) is 14.4 Å². The molecule has 1 unspecified atom stereocenters. The third-order valence-corrected chi connectivity index (χ3v) is 13.9. The topological polar surface area (TPSA) is 78.9 Å². The normalized spacial score (nSPS) is 12.6. The highest BCUT2D eigenvalue weighted by atomic mass is 16.6. The summed E-state index contributed by atoms with van der Waals surface area (Å²) >= 11 is 0. The Labute approximate surface area is 465 Å². The number of ether oxygens (including phenoxy) is 3. The van der Waals surface area contributed by atoms with Gasteiger partial charge in [-0.05, 0) is 96.3 Å². The molecule has 0 bridgehead atoms. The standard InChI is InChI=1S/C69H120O6/c1-4-7-10-13-16-19-22-24-26-28-29-30-31-32-33-34-35-36-37-38-39-41-42-44-47-50-53-56-59-62-68(71)74-65-66(64-73-67(70)61-58-55-52-49-46-21-18-15-12-9-6-3)75-69(72)63-60-57-54-51-48-45-43-40-27-25-23-20-17-14-11-8-5-2/h7,10,16,19,24-27,29-30,32-33,35-36,66H,4-6,8-9,11-15,17-18,20-23,28,31,34,37-65H2,1-3H3/b10-7-,19-16-,26-24-,27-25-,30-29-,33-32-,36-35-. The first-order chi connectivity index (χ1) is 37.0. The minimum atomic E-state index is -0.778. The first kappa shape index (κ1) is 71.6. The molecule has 75 heavy (non-hydrogen) atoms. The number of allylic oxidation sites excluding steroid dienone is 14. The molecule has 0 aliphatic carbocycles. The Morgan fingerprint density at radius 1 is 0.280 bits per heavy atom. The minimum Gasteiger partial charge on any atom is -0.462 e. The molecule has 0 aromatic carbocycles. The van der Waals surface area contributed by atoms with Crippen LogP contribution in [0.25, 0.3) is 0 Å². The van der Waals surface area contributed by atoms with Gasteiger partial charge in [0, 0.05) is 19.3 Å². The summed E-state index contributed by atoms with van der Waals surface area (Å²) in [4.78, 5) is 38.2. The molecule has 0 aliphatic heterocycles. The van der Waals surface area contributed by atoms with Crippen molar-refractivity contribution in [3.05, 3.63) is 85.1 Å². The minimum absolute atomic E-state index is 0.0758. The number of esters is 3. The maximum Gasteiger partial charge on any atom is 0.306 e. The van der Waals surface area contributed by atoms with Crippen molar-refractivity contribution in [1.29, 1.82) is 0 Å². The van der Waals surface area contributed by atoms with Gasteiger partial charge in [-0.15, -0.1) is 0 Å². The Morgan fingerprint density at radius 2 is 0.520 bits per heavy atom. The van der Waals surface area contributed by atoms with Crippen molar-refractivity contribution in [1.82, 2.24) is 0 Å². The van der Waals surface area contributed by atoms with E-state index in [0.717, 1.165) is 96.3 Å². The van der Waals surface area contributed by atoms with E-state index in [2.05, 4.69) is 106 Å². The largest absolute Gasteiger partial charge is 0.462 e. The van der Waals surface area contributed by atoms with Gasteiger partial charge in [0.05, 0.1) is 0 Å². The fourth-order valence-electron chi connectivity index (χ4n) is 9.09. The molecule has 1 atom stereocenters. The second-order valence-corrected chi connectivity index (χ2v) is 21.3. The van der Waals surface area contributed by atoms with Gasteiger partial charge in [0.25, 0.3) is 0 Å². The van der Waals surface area contributed by atoms with Gasteiger partial charge in [-0.2, -0.15) is 0 Å². The van der Waals surface area contributed by atoms with Gasteiger partial charge < -0.3 is 14.2 Å². The number of carbonyl (C=O) groups is 3. The first-order valence-electron chi connectivity index (χ1n) is 32.1. The van der Waals surface area contributed by atoms with E-state index in [0.29, 0.717) is 19.3 Å². The summed E-state index contributed by atoms with van der Waals surface area (Å²) in [5.74, 6) is -0.873. The van der Waals surface area contributed by atoms with Crippen molar-refractivity contribution in [3.8, 4) is 0 Å². The van der Waals surface area contributed by atoms with Crippen LogP contribution >= 0.6 is 0 Å². The van der Waals surface area contributed by atoms with Crippen molar-refractivity contribution in [2.45, 2.75) is 322 Å². The van der Waals surface area contributed by atoms with Gasteiger partial charge in [0.2, 0.25) is 0 Å². The summed E-state index contributed by atoms with van der Waals surface area (Å²) in [5, 5.41) is 0. The summed E-state index contributed by atoms with van der Waals surface area (Å²) in [6, 6.07) is 0. The highest BCUT2D eigenvalue weighted by Gasteiger charge is 2.19. The van der Waals surface area contributed by atoms with E-state index in [9.17, 15) is 14.4 Å². The highest BCUT2D eigenvalue weighted by molar-refractivity contribution is 5.71. The van der Waals surface area contributed by atoms with Crippen LogP contribution in [0.5, 0.6) is 0 Å². The molecular weight excluding hydrogens is 925 g/mol. The van der Waals surface area contributed by atoms with Crippen LogP contribution in [0.3, 0.4) is 0 Å². The molecule has 0 saturated heterocycles. The van der Waals surface area contributed by atoms with E-state index in [1.807, 2.05) is 0 Å². The zero-order chi connectivity index (χ0) is 54.3. The zero-order valence-corrected chi connectivity index (χ0v) is 49.6. The monoisotopic (exact) mass is 1040 g/mol. The molecule has 0 aliphatic rings. The Kier molecular flexibility index (Phi) is 60.3. The number of carbonyl (C=O) groups excluding carboxylic acids is 3. The number of rotatable bonds is 58. The molecule has 0 saturated carbocycles. The molecule has 0 N–H and O–H groups in total. The summed E-state index contributed by atoms with van der Waals surface area (Å²) in [6.45, 7) is 6.54. The predicted molar refractivity (Wildman–Crippen MR) is 325 cm³/mol. The van der Waals surface area contributed by atoms with Crippen molar-refractivity contribution in [3.63, 3.8) is 0 Å². The zero-order valence-electron chi connectivity index (χ0n) is 49.6. The van der Waals surface area contributed by atoms with Crippen LogP contribution in [0, 0.1) is 0 Å². The van der Waals surface area contributed by atoms with Crippen molar-refractivity contribution < 1.29 is 28.6 Å². The summed E-state index contributed by atoms with van der Waals surface area (Å²) in [5.41, 5.74) is 0. The molecule has 0 heterocycles. The predicted octanol–water partition coefficient (Wildman–Crippen LogP) is 21.9. The second-order valence-electron chi connectivity index (χ2n) is 21.3. The summed E-state index contributed by atoms with van der Waals surface area (Å²) in [6.07, 6.45) is 83.0. The van der Waals surface area contributed by atoms with E-state index in [1.165, 1.54) is 180 Å². The number of unbranched alkanes of at least 4 members (excludes halogenated alkanes) is 33. The van der Waals surface area contributed by atoms with E-state index >= 15 is 0 Å². The third kappa shape index (κ3) is 61.3. The SMILES string of the molecule is CC/C=C\C/C=C\C/C=C\C/C=C\C/C=C\C/C=C\CCCCCCCCCCCCC(=O)OCC(COC(=O)CCCCCCCCCCCCC)OC(=O)CCCCCCCCC/C=C\CCCCCCCC. The third-order valence-electron chi connectivity index (χ3n) is 13.9. The Hall–Kier alpha value is -3.41. The molecular formula is C69H120O6. The lowest BCUT2D eigenvalue weighted by Crippen LogP contribution is -2.30. The average Bonchev–Trinajstić information content (AvgIpc) is 3.41. The van der Waals surface area contributed by atoms with Gasteiger partial charge in [0.15, 0.2) is 6.10 Å². The van der Waals surface area contributed by atoms with Gasteiger partial charge in [-0.1, -0.05) is 286 Å². The maximum absolute atomic E-state index is 12.9. The number of hydrogen-bond acceptors (Lipinski definition) is 6. The van der Waals surface area contributed by atoms with Crippen LogP contribution in [-0.4, -0.2) is 37.2 Å². The van der Waals surface area contributed by atoms with Crippen LogP contribution in [0.2, 0.25) is 0 Å². The highest BCUT2D eigenvalue weighted by Crippen LogP contribution is 2.16. The molecule has 6 nitrogen and oxygen atoms in total. The lowest BCUT2D eigenvalue weighted by atomic mass is 10.1. The van der Waals surface area contributed by atoms with Crippen molar-refractivity contribution >= 4 is 17.9 Å². The Bertz CT molecular complexity index is 1430. The van der Waals surface area contributed by atoms with Crippen LogP contribution < -0.4 is 0 Å². The molecule has 0 aromatic heterocycles. The van der Waals surface area contributed by atoms with Crippen LogP contribution in [0.4, 0.5) is 0 Å². The molecule has 0 rings (SSSR count). The Morgan fingerprint density at radius 3 is 0.827 bits per heavy atom. The lowest BCUT2D eigenvalue weighted by molar-refractivity contribution is -0.167. The fraction of sp³-hybridized carbons (Fsp3) is 0.754. The van der Waals surface area contributed by atoms with Gasteiger partial charge in [-0.25, -0.2) is 0 Å². The molecule has 6 heteroatoms. The first-order valence-corrected chi connectivity index (χ1v) is 32.1. The summed E-state index contributed by atoms with van der Waals surface area (Å²) < 4.78 is 16.9. The van der Waals surface area contributed by atoms with E-state index in [-0.39, 0.29) is 31.1 Å². The van der Waals surface area contributed by atoms with Crippen LogP contribution in [0.15, 0.2) is 85.1 Å². The van der Waals surface area contributed by atoms with Crippen LogP contribution in [0.1, 0.15) is 316 Å². The molecule has 432 valence electrons. The Balaban J connectivity index is 4.24. The second kappa shape index (κ2) is 63.1. The maximum atomic E-state index is 12.9. The van der Waals surface area contributed by atoms with E-state index < -0.39 is 6.10 Å². The van der Waals surface area contributed by atoms with E-state index in [1.54, 1.807) is 0 Å². The molecule has 0 radical (unpaired) electrons. The number of hydrogen-bond donors (Lipinski definition) is 0. The van der Waals surface area contributed by atoms with Gasteiger partial charge >= 0.3 is 17.9 Å². The van der Waals surface area contributed by atoms with E-state index in [4.69, 9.17) is 14.2 Å². The average molecular weight is 1050 g/mol. The molecule has 0 spiro atoms. The van der Waals surface area contributed by atoms with Crippen LogP contribution in [-0.2, 0) is 28.6 Å². The van der Waals surface area contributed by atoms with Crippen molar-refractivity contribution in [2.75, 3.05) is 13.2 Å². The quantitative estimate of drug-likeness (QED) is 0.0261.